The fourth-order valence-corrected chi connectivity index (χ4v) is 7.84. The first-order chi connectivity index (χ1) is 25.2. The van der Waals surface area contributed by atoms with Crippen LogP contribution in [0.2, 0.25) is 5.02 Å². The number of aliphatic carboxylic acids is 1. The average molecular weight is 727 g/mol. The van der Waals surface area contributed by atoms with Gasteiger partial charge in [-0.15, -0.1) is 0 Å². The number of hydrogen-bond donors (Lipinski definition) is 3. The molecule has 52 heavy (non-hydrogen) atoms. The number of aromatic nitrogens is 3. The fourth-order valence-electron chi connectivity index (χ4n) is 7.62. The molecule has 2 aromatic carbocycles. The summed E-state index contributed by atoms with van der Waals surface area (Å²) in [4.78, 5) is 39.3. The van der Waals surface area contributed by atoms with Gasteiger partial charge in [-0.1, -0.05) is 48.0 Å². The fraction of sp³-hybridized carbons (Fsp3) is 0.410. The minimum Gasteiger partial charge on any atom is -0.481 e. The monoisotopic (exact) mass is 726 g/mol. The number of nitrogens with one attached hydrogen (secondary N) is 2. The van der Waals surface area contributed by atoms with E-state index in [4.69, 9.17) is 35.8 Å². The number of hydrogen-bond acceptors (Lipinski definition) is 10. The number of carboxylic acids is 1. The number of carboxylic acid groups (broad SMARTS) is 1. The Kier molecular flexibility index (Phi) is 10.6. The molecule has 272 valence electrons. The Bertz CT molecular complexity index is 1990. The van der Waals surface area contributed by atoms with Crippen molar-refractivity contribution in [2.24, 2.45) is 5.92 Å². The highest BCUT2D eigenvalue weighted by atomic mass is 35.5. The third-order valence-electron chi connectivity index (χ3n) is 10.3. The summed E-state index contributed by atoms with van der Waals surface area (Å²) in [5, 5.41) is 16.1. The number of rotatable bonds is 13. The molecule has 1 aliphatic carbocycles. The maximum atomic E-state index is 11.5. The van der Waals surface area contributed by atoms with Crippen molar-refractivity contribution in [2.75, 3.05) is 33.9 Å². The molecule has 2 aliphatic heterocycles. The van der Waals surface area contributed by atoms with E-state index in [2.05, 4.69) is 57.8 Å². The van der Waals surface area contributed by atoms with Gasteiger partial charge in [0.1, 0.15) is 16.8 Å². The average Bonchev–Trinajstić information content (AvgIpc) is 3.90. The van der Waals surface area contributed by atoms with E-state index in [-0.39, 0.29) is 24.0 Å². The highest BCUT2D eigenvalue weighted by Gasteiger charge is 2.31. The Morgan fingerprint density at radius 3 is 2.56 bits per heavy atom. The molecule has 2 aromatic heterocycles. The first-order valence-electron chi connectivity index (χ1n) is 17.7. The molecule has 12 nitrogen and oxygen atoms in total. The van der Waals surface area contributed by atoms with Crippen molar-refractivity contribution < 1.29 is 28.9 Å². The van der Waals surface area contributed by atoms with Gasteiger partial charge >= 0.3 is 5.97 Å². The zero-order valence-electron chi connectivity index (χ0n) is 29.6. The van der Waals surface area contributed by atoms with Crippen LogP contribution in [-0.2, 0) is 29.1 Å². The minimum absolute atomic E-state index is 0.0960. The van der Waals surface area contributed by atoms with E-state index < -0.39 is 5.97 Å². The second-order valence-electron chi connectivity index (χ2n) is 13.6. The number of fused-ring (bicyclic) bond motifs is 1. The van der Waals surface area contributed by atoms with E-state index in [1.165, 1.54) is 5.56 Å². The molecule has 0 saturated carbocycles. The van der Waals surface area contributed by atoms with Crippen LogP contribution >= 0.6 is 11.6 Å². The summed E-state index contributed by atoms with van der Waals surface area (Å²) in [5.74, 6) is 0.151. The summed E-state index contributed by atoms with van der Waals surface area (Å²) < 4.78 is 17.8. The van der Waals surface area contributed by atoms with E-state index in [1.807, 2.05) is 12.1 Å². The maximum absolute atomic E-state index is 11.5. The zero-order valence-corrected chi connectivity index (χ0v) is 30.3. The van der Waals surface area contributed by atoms with Crippen molar-refractivity contribution in [3.63, 3.8) is 0 Å². The number of nitrogens with zero attached hydrogens (tertiary/aromatic N) is 4. The molecule has 0 unspecified atom stereocenters. The number of pyridine rings is 1. The SMILES string of the molecule is COc1nc(O[C@H]2CCc3c(-c4cccc(-c5cnc(CNC[C@@H]6CCC(=O)N6)c(OC)n5)c4C)cccc32)c(Cl)cc1CN1CC[C@@H](C(=O)O)C1. The number of benzene rings is 2. The van der Waals surface area contributed by atoms with Crippen LogP contribution in [0, 0.1) is 12.8 Å². The van der Waals surface area contributed by atoms with Gasteiger partial charge in [0, 0.05) is 49.8 Å². The zero-order chi connectivity index (χ0) is 36.4. The van der Waals surface area contributed by atoms with Gasteiger partial charge < -0.3 is 30.0 Å². The lowest BCUT2D eigenvalue weighted by atomic mass is 9.91. The third-order valence-corrected chi connectivity index (χ3v) is 10.6. The lowest BCUT2D eigenvalue weighted by molar-refractivity contribution is -0.141. The Morgan fingerprint density at radius 1 is 1.02 bits per heavy atom. The van der Waals surface area contributed by atoms with Crippen molar-refractivity contribution in [2.45, 2.75) is 64.3 Å². The predicted molar refractivity (Wildman–Crippen MR) is 196 cm³/mol. The summed E-state index contributed by atoms with van der Waals surface area (Å²) in [6.07, 6.45) is 5.15. The summed E-state index contributed by atoms with van der Waals surface area (Å²) in [6.45, 7) is 4.91. The Hall–Kier alpha value is -4.78. The number of carbonyl (C=O) groups excluding carboxylic acids is 1. The van der Waals surface area contributed by atoms with Crippen LogP contribution in [0.5, 0.6) is 17.6 Å². The normalized spacial score (nSPS) is 19.8. The molecule has 2 saturated heterocycles. The van der Waals surface area contributed by atoms with Gasteiger partial charge in [0.25, 0.3) is 0 Å². The number of methoxy groups -OCH3 is 2. The molecule has 3 atom stereocenters. The maximum Gasteiger partial charge on any atom is 0.307 e. The molecule has 3 N–H and O–H groups in total. The first kappa shape index (κ1) is 35.6. The molecule has 0 radical (unpaired) electrons. The Labute approximate surface area is 307 Å². The van der Waals surface area contributed by atoms with Crippen LogP contribution in [0.4, 0.5) is 0 Å². The molecule has 4 heterocycles. The van der Waals surface area contributed by atoms with E-state index in [9.17, 15) is 14.7 Å². The van der Waals surface area contributed by atoms with Crippen LogP contribution in [0.3, 0.4) is 0 Å². The molecule has 0 bridgehead atoms. The van der Waals surface area contributed by atoms with E-state index in [0.717, 1.165) is 58.3 Å². The van der Waals surface area contributed by atoms with Gasteiger partial charge in [0.2, 0.25) is 23.5 Å². The summed E-state index contributed by atoms with van der Waals surface area (Å²) >= 11 is 6.75. The quantitative estimate of drug-likeness (QED) is 0.160. The van der Waals surface area contributed by atoms with Gasteiger partial charge in [-0.3, -0.25) is 19.5 Å². The number of likely N-dealkylation sites (tertiary alicyclic amines) is 1. The number of ether oxygens (including phenoxy) is 3. The number of halogens is 1. The smallest absolute Gasteiger partial charge is 0.307 e. The molecule has 1 amide bonds. The van der Waals surface area contributed by atoms with E-state index in [0.29, 0.717) is 73.9 Å². The lowest BCUT2D eigenvalue weighted by Crippen LogP contribution is -2.35. The highest BCUT2D eigenvalue weighted by molar-refractivity contribution is 6.31. The predicted octanol–water partition coefficient (Wildman–Crippen LogP) is 5.53. The summed E-state index contributed by atoms with van der Waals surface area (Å²) in [6, 6.07) is 14.5. The third kappa shape index (κ3) is 7.41. The van der Waals surface area contributed by atoms with Crippen molar-refractivity contribution in [1.82, 2.24) is 30.5 Å². The van der Waals surface area contributed by atoms with Gasteiger partial charge in [-0.2, -0.15) is 4.98 Å². The lowest BCUT2D eigenvalue weighted by Gasteiger charge is -2.20. The topological polar surface area (TPSA) is 148 Å². The molecule has 13 heteroatoms. The Morgan fingerprint density at radius 2 is 1.81 bits per heavy atom. The number of amides is 1. The summed E-state index contributed by atoms with van der Waals surface area (Å²) in [5.41, 5.74) is 8.83. The molecule has 4 aromatic rings. The van der Waals surface area contributed by atoms with Gasteiger partial charge in [0.05, 0.1) is 32.0 Å². The van der Waals surface area contributed by atoms with Gasteiger partial charge in [0.15, 0.2) is 0 Å². The van der Waals surface area contributed by atoms with Crippen molar-refractivity contribution in [3.05, 3.63) is 81.6 Å². The summed E-state index contributed by atoms with van der Waals surface area (Å²) in [7, 11) is 3.17. The number of carbonyl (C=O) groups is 2. The molecular formula is C39H43ClN6O6. The second-order valence-corrected chi connectivity index (χ2v) is 14.1. The molecular weight excluding hydrogens is 684 g/mol. The van der Waals surface area contributed by atoms with E-state index in [1.54, 1.807) is 20.4 Å². The van der Waals surface area contributed by atoms with Crippen LogP contribution < -0.4 is 24.8 Å². The highest BCUT2D eigenvalue weighted by Crippen LogP contribution is 2.43. The first-order valence-corrected chi connectivity index (χ1v) is 18.1. The van der Waals surface area contributed by atoms with E-state index >= 15 is 0 Å². The van der Waals surface area contributed by atoms with Crippen LogP contribution in [0.15, 0.2) is 48.7 Å². The van der Waals surface area contributed by atoms with Crippen molar-refractivity contribution in [3.8, 4) is 40.0 Å². The molecule has 7 rings (SSSR count). The molecule has 2 fully saturated rings. The standard InChI is InChI=1S/C39H43ClN6O6/c1-22-26(6-4-7-27(22)32-19-42-33(38(44-32)51-3)18-41-17-25-10-13-35(47)43-25)28-8-5-9-30-29(28)11-12-34(30)52-37-31(40)16-24(36(45-37)50-2)21-46-15-14-23(20-46)39(48)49/h4-9,16,19,23,25,34,41H,10-15,17-18,20-21H2,1-3H3,(H,43,47)(H,48,49)/t23-,25+,34+/m1/s1. The molecule has 0 spiro atoms. The minimum atomic E-state index is -0.768. The van der Waals surface area contributed by atoms with Gasteiger partial charge in [-0.25, -0.2) is 4.98 Å². The van der Waals surface area contributed by atoms with Gasteiger partial charge in [-0.05, 0) is 73.0 Å². The second kappa shape index (κ2) is 15.4. The van der Waals surface area contributed by atoms with Crippen LogP contribution in [-0.4, -0.2) is 76.7 Å². The van der Waals surface area contributed by atoms with Crippen LogP contribution in [0.25, 0.3) is 22.4 Å². The Balaban J connectivity index is 1.08. The van der Waals surface area contributed by atoms with Crippen LogP contribution in [0.1, 0.15) is 59.7 Å². The van der Waals surface area contributed by atoms with Crippen molar-refractivity contribution in [1.29, 1.82) is 0 Å². The van der Waals surface area contributed by atoms with Crippen molar-refractivity contribution >= 4 is 23.5 Å². The largest absolute Gasteiger partial charge is 0.481 e. The molecule has 3 aliphatic rings.